The van der Waals surface area contributed by atoms with Crippen molar-refractivity contribution in [1.29, 1.82) is 0 Å². The molecule has 0 saturated heterocycles. The van der Waals surface area contributed by atoms with Crippen LogP contribution in [-0.2, 0) is 4.79 Å². The molecule has 5 rings (SSSR count). The summed E-state index contributed by atoms with van der Waals surface area (Å²) in [6.07, 6.45) is 10.6. The number of pyridine rings is 1. The van der Waals surface area contributed by atoms with E-state index in [1.165, 1.54) is 12.5 Å². The summed E-state index contributed by atoms with van der Waals surface area (Å²) in [7, 11) is 3.90. The van der Waals surface area contributed by atoms with Crippen molar-refractivity contribution in [2.24, 2.45) is 0 Å². The first kappa shape index (κ1) is 28.6. The zero-order valence-corrected chi connectivity index (χ0v) is 23.9. The predicted molar refractivity (Wildman–Crippen MR) is 160 cm³/mol. The molecule has 0 saturated carbocycles. The van der Waals surface area contributed by atoms with Gasteiger partial charge in [0, 0.05) is 43.0 Å². The lowest BCUT2D eigenvalue weighted by molar-refractivity contribution is -0.127. The third kappa shape index (κ3) is 6.33. The van der Waals surface area contributed by atoms with Crippen molar-refractivity contribution < 1.29 is 13.9 Å². The van der Waals surface area contributed by atoms with Gasteiger partial charge in [0.2, 0.25) is 5.91 Å². The third-order valence-electron chi connectivity index (χ3n) is 6.80. The van der Waals surface area contributed by atoms with Gasteiger partial charge in [0.05, 0.1) is 11.9 Å². The Morgan fingerprint density at radius 1 is 1.24 bits per heavy atom. The van der Waals surface area contributed by atoms with Gasteiger partial charge in [-0.2, -0.15) is 0 Å². The van der Waals surface area contributed by atoms with E-state index in [2.05, 4.69) is 25.3 Å². The van der Waals surface area contributed by atoms with Crippen molar-refractivity contribution in [2.45, 2.75) is 26.3 Å². The summed E-state index contributed by atoms with van der Waals surface area (Å²) in [5, 5.41) is 3.06. The molecule has 1 aliphatic rings. The van der Waals surface area contributed by atoms with Gasteiger partial charge in [-0.1, -0.05) is 12.2 Å². The van der Waals surface area contributed by atoms with E-state index in [-0.39, 0.29) is 17.6 Å². The van der Waals surface area contributed by atoms with Crippen LogP contribution < -0.4 is 15.8 Å². The SMILES string of the molecule is Cc1c(Oc2ccnc(N)c2)ccc(Nc2ncnc3cnc(C4=C[C@H](C)N(C(=O)/C=C/CN(C)C)CC4)nc23)c1F. The maximum absolute atomic E-state index is 15.5. The van der Waals surface area contributed by atoms with Crippen LogP contribution in [0.3, 0.4) is 0 Å². The number of ether oxygens (including phenoxy) is 1. The minimum atomic E-state index is -0.497. The number of anilines is 3. The number of nitrogens with two attached hydrogens (primary N) is 1. The maximum Gasteiger partial charge on any atom is 0.246 e. The minimum Gasteiger partial charge on any atom is -0.457 e. The van der Waals surface area contributed by atoms with E-state index in [1.54, 1.807) is 43.5 Å². The maximum atomic E-state index is 15.5. The number of benzene rings is 1. The van der Waals surface area contributed by atoms with Gasteiger partial charge < -0.3 is 25.6 Å². The largest absolute Gasteiger partial charge is 0.457 e. The highest BCUT2D eigenvalue weighted by atomic mass is 19.1. The van der Waals surface area contributed by atoms with Crippen LogP contribution in [0.5, 0.6) is 11.5 Å². The summed E-state index contributed by atoms with van der Waals surface area (Å²) >= 11 is 0. The number of hydrogen-bond donors (Lipinski definition) is 2. The monoisotopic (exact) mass is 569 g/mol. The van der Waals surface area contributed by atoms with Crippen molar-refractivity contribution in [3.63, 3.8) is 0 Å². The van der Waals surface area contributed by atoms with Gasteiger partial charge in [-0.15, -0.1) is 0 Å². The molecule has 0 fully saturated rings. The minimum absolute atomic E-state index is 0.0300. The number of carbonyl (C=O) groups excluding carboxylic acids is 1. The molecule has 42 heavy (non-hydrogen) atoms. The molecular formula is C30H32FN9O2. The second kappa shape index (κ2) is 12.3. The van der Waals surface area contributed by atoms with Gasteiger partial charge in [0.15, 0.2) is 17.5 Å². The number of nitrogen functional groups attached to an aromatic ring is 1. The van der Waals surface area contributed by atoms with E-state index < -0.39 is 5.82 Å². The van der Waals surface area contributed by atoms with E-state index >= 15 is 4.39 Å². The Bertz CT molecular complexity index is 1690. The molecule has 0 radical (unpaired) electrons. The third-order valence-corrected chi connectivity index (χ3v) is 6.80. The molecular weight excluding hydrogens is 537 g/mol. The molecule has 0 aliphatic carbocycles. The summed E-state index contributed by atoms with van der Waals surface area (Å²) in [4.78, 5) is 38.3. The number of likely N-dealkylation sites (N-methyl/N-ethyl adjacent to an activating group) is 1. The molecule has 0 unspecified atom stereocenters. The molecule has 0 bridgehead atoms. The van der Waals surface area contributed by atoms with Crippen LogP contribution in [0.4, 0.5) is 21.7 Å². The second-order valence-corrected chi connectivity index (χ2v) is 10.2. The van der Waals surface area contributed by atoms with Crippen molar-refractivity contribution in [3.05, 3.63) is 78.4 Å². The molecule has 1 aliphatic heterocycles. The number of halogens is 1. The Labute approximate surface area is 243 Å². The molecule has 12 heteroatoms. The van der Waals surface area contributed by atoms with Gasteiger partial charge in [-0.05, 0) is 58.1 Å². The Balaban J connectivity index is 1.37. The molecule has 0 spiro atoms. The first-order chi connectivity index (χ1) is 20.2. The molecule has 1 atom stereocenters. The number of hydrogen-bond acceptors (Lipinski definition) is 10. The quantitative estimate of drug-likeness (QED) is 0.292. The van der Waals surface area contributed by atoms with Gasteiger partial charge in [0.1, 0.15) is 34.7 Å². The van der Waals surface area contributed by atoms with Gasteiger partial charge in [-0.25, -0.2) is 29.3 Å². The summed E-state index contributed by atoms with van der Waals surface area (Å²) in [5.41, 5.74) is 8.11. The number of rotatable bonds is 8. The molecule has 1 aromatic carbocycles. The van der Waals surface area contributed by atoms with Crippen LogP contribution in [-0.4, -0.2) is 73.9 Å². The van der Waals surface area contributed by atoms with Crippen LogP contribution in [0, 0.1) is 12.7 Å². The first-order valence-electron chi connectivity index (χ1n) is 13.5. The first-order valence-corrected chi connectivity index (χ1v) is 13.5. The highest BCUT2D eigenvalue weighted by Gasteiger charge is 2.24. The predicted octanol–water partition coefficient (Wildman–Crippen LogP) is 4.50. The average Bonchev–Trinajstić information content (AvgIpc) is 2.96. The fourth-order valence-corrected chi connectivity index (χ4v) is 4.59. The molecule has 3 aromatic heterocycles. The fourth-order valence-electron chi connectivity index (χ4n) is 4.59. The Morgan fingerprint density at radius 2 is 2.07 bits per heavy atom. The molecule has 216 valence electrons. The van der Waals surface area contributed by atoms with Crippen molar-refractivity contribution in [3.8, 4) is 11.5 Å². The number of amides is 1. The van der Waals surface area contributed by atoms with E-state index in [9.17, 15) is 4.79 Å². The average molecular weight is 570 g/mol. The summed E-state index contributed by atoms with van der Waals surface area (Å²) in [5.74, 6) is 1.43. The number of nitrogens with zero attached hydrogens (tertiary/aromatic N) is 7. The number of carbonyl (C=O) groups is 1. The Hall–Kier alpha value is -4.97. The van der Waals surface area contributed by atoms with Crippen LogP contribution in [0.2, 0.25) is 0 Å². The Morgan fingerprint density at radius 3 is 2.83 bits per heavy atom. The van der Waals surface area contributed by atoms with Gasteiger partial charge in [0.25, 0.3) is 0 Å². The van der Waals surface area contributed by atoms with Crippen molar-refractivity contribution in [2.75, 3.05) is 38.2 Å². The smallest absolute Gasteiger partial charge is 0.246 e. The zero-order chi connectivity index (χ0) is 29.8. The summed E-state index contributed by atoms with van der Waals surface area (Å²) in [6.45, 7) is 4.83. The normalized spacial score (nSPS) is 15.3. The van der Waals surface area contributed by atoms with E-state index in [0.717, 1.165) is 5.57 Å². The number of aromatic nitrogens is 5. The summed E-state index contributed by atoms with van der Waals surface area (Å²) < 4.78 is 21.3. The van der Waals surface area contributed by atoms with E-state index in [4.69, 9.17) is 15.5 Å². The number of fused-ring (bicyclic) bond motifs is 1. The standard InChI is InChI=1S/C30H32FN9O2/c1-18-14-20(10-13-40(18)26(41)6-5-12-39(3)4)29-34-16-23-28(38-29)30(36-17-35-23)37-22-7-8-24(19(2)27(22)31)42-21-9-11-33-25(32)15-21/h5-9,11,14-18H,10,12-13H2,1-4H3,(H2,32,33)(H,35,36,37)/b6-5+/t18-/m0/s1. The highest BCUT2D eigenvalue weighted by Crippen LogP contribution is 2.33. The van der Waals surface area contributed by atoms with Crippen molar-refractivity contribution >= 4 is 39.8 Å². The van der Waals surface area contributed by atoms with Crippen molar-refractivity contribution in [1.82, 2.24) is 34.7 Å². The Kier molecular flexibility index (Phi) is 8.34. The fraction of sp³-hybridized carbons (Fsp3) is 0.267. The molecule has 4 heterocycles. The summed E-state index contributed by atoms with van der Waals surface area (Å²) in [6, 6.07) is 6.32. The van der Waals surface area contributed by atoms with E-state index in [0.29, 0.717) is 65.1 Å². The lowest BCUT2D eigenvalue weighted by Gasteiger charge is -2.31. The lowest BCUT2D eigenvalue weighted by atomic mass is 10.0. The topological polar surface area (TPSA) is 135 Å². The number of nitrogens with one attached hydrogen (secondary N) is 1. The molecule has 4 aromatic rings. The van der Waals surface area contributed by atoms with Gasteiger partial charge in [-0.3, -0.25) is 4.79 Å². The second-order valence-electron chi connectivity index (χ2n) is 10.2. The van der Waals surface area contributed by atoms with Crippen LogP contribution >= 0.6 is 0 Å². The lowest BCUT2D eigenvalue weighted by Crippen LogP contribution is -2.40. The van der Waals surface area contributed by atoms with E-state index in [1.807, 2.05) is 43.0 Å². The molecule has 3 N–H and O–H groups in total. The van der Waals surface area contributed by atoms with Crippen LogP contribution in [0.1, 0.15) is 24.7 Å². The molecule has 1 amide bonds. The van der Waals surface area contributed by atoms with Crippen LogP contribution in [0.15, 0.2) is 61.2 Å². The zero-order valence-electron chi connectivity index (χ0n) is 23.9. The molecule has 11 nitrogen and oxygen atoms in total. The van der Waals surface area contributed by atoms with Crippen LogP contribution in [0.25, 0.3) is 16.6 Å². The highest BCUT2D eigenvalue weighted by molar-refractivity contribution is 5.89. The van der Waals surface area contributed by atoms with Gasteiger partial charge >= 0.3 is 0 Å².